The Morgan fingerprint density at radius 2 is 1.04 bits per heavy atom. The molecule has 0 unspecified atom stereocenters. The highest BCUT2D eigenvalue weighted by atomic mass is 35.5. The van der Waals surface area contributed by atoms with Gasteiger partial charge in [-0.25, -0.2) is 9.59 Å². The van der Waals surface area contributed by atoms with E-state index in [9.17, 15) is 9.59 Å². The average molecular weight is 453 g/mol. The molecule has 0 heterocycles. The number of benzene rings is 1. The molecule has 0 spiro atoms. The lowest BCUT2D eigenvalue weighted by Crippen LogP contribution is -2.15. The zero-order chi connectivity index (χ0) is 18.3. The number of halogens is 6. The van der Waals surface area contributed by atoms with Crippen LogP contribution in [0.25, 0.3) is 0 Å². The minimum absolute atomic E-state index is 0.0327. The van der Waals surface area contributed by atoms with E-state index in [2.05, 4.69) is 0 Å². The predicted molar refractivity (Wildman–Crippen MR) is 96.2 cm³/mol. The Balaban J connectivity index is 2.88. The zero-order valence-electron chi connectivity index (χ0n) is 11.6. The van der Waals surface area contributed by atoms with Crippen LogP contribution >= 0.6 is 69.6 Å². The van der Waals surface area contributed by atoms with Crippen LogP contribution in [-0.2, 0) is 9.47 Å². The Labute approximate surface area is 167 Å². The molecule has 0 atom stereocenters. The molecule has 130 valence electrons. The van der Waals surface area contributed by atoms with Crippen molar-refractivity contribution in [2.75, 3.05) is 13.2 Å². The molecule has 0 aliphatic carbocycles. The fraction of sp³-hybridized carbons (Fsp3) is 0.143. The third kappa shape index (κ3) is 6.71. The number of esters is 2. The van der Waals surface area contributed by atoms with Crippen molar-refractivity contribution < 1.29 is 19.1 Å². The van der Waals surface area contributed by atoms with Gasteiger partial charge in [0.1, 0.15) is 22.2 Å². The molecule has 0 fully saturated rings. The maximum absolute atomic E-state index is 12.1. The maximum atomic E-state index is 12.1. The third-order valence-electron chi connectivity index (χ3n) is 2.44. The monoisotopic (exact) mass is 450 g/mol. The van der Waals surface area contributed by atoms with Gasteiger partial charge in [0.2, 0.25) is 0 Å². The highest BCUT2D eigenvalue weighted by molar-refractivity contribution is 6.59. The molecule has 0 amide bonds. The molecule has 0 aliphatic rings. The van der Waals surface area contributed by atoms with Crippen molar-refractivity contribution in [2.45, 2.75) is 0 Å². The first-order chi connectivity index (χ1) is 11.2. The summed E-state index contributed by atoms with van der Waals surface area (Å²) >= 11 is 33.1. The molecule has 1 rings (SSSR count). The van der Waals surface area contributed by atoms with Gasteiger partial charge in [-0.1, -0.05) is 81.7 Å². The summed E-state index contributed by atoms with van der Waals surface area (Å²) in [5, 5.41) is -0.110. The normalized spacial score (nSPS) is 9.92. The molecule has 24 heavy (non-hydrogen) atoms. The van der Waals surface area contributed by atoms with Crippen molar-refractivity contribution in [3.05, 3.63) is 54.4 Å². The van der Waals surface area contributed by atoms with Gasteiger partial charge in [-0.15, -0.1) is 0 Å². The Morgan fingerprint density at radius 3 is 1.33 bits per heavy atom. The zero-order valence-corrected chi connectivity index (χ0v) is 16.2. The van der Waals surface area contributed by atoms with Crippen molar-refractivity contribution in [1.82, 2.24) is 0 Å². The van der Waals surface area contributed by atoms with Gasteiger partial charge < -0.3 is 9.47 Å². The van der Waals surface area contributed by atoms with E-state index >= 15 is 0 Å². The Bertz CT molecular complexity index is 631. The lowest BCUT2D eigenvalue weighted by atomic mass is 10.1. The van der Waals surface area contributed by atoms with Gasteiger partial charge in [-0.05, 0) is 12.1 Å². The number of carbonyl (C=O) groups is 2. The van der Waals surface area contributed by atoms with Crippen LogP contribution in [0.15, 0.2) is 43.3 Å². The quantitative estimate of drug-likeness (QED) is 0.514. The van der Waals surface area contributed by atoms with Gasteiger partial charge in [0.05, 0.1) is 21.2 Å². The second-order valence-corrected chi connectivity index (χ2v) is 6.84. The highest BCUT2D eigenvalue weighted by Crippen LogP contribution is 2.20. The van der Waals surface area contributed by atoms with Crippen LogP contribution in [0, 0.1) is 0 Å². The van der Waals surface area contributed by atoms with Gasteiger partial charge in [0.15, 0.2) is 0 Å². The molecular weight excluding hydrogens is 445 g/mol. The van der Waals surface area contributed by atoms with E-state index in [1.165, 1.54) is 12.1 Å². The van der Waals surface area contributed by atoms with Gasteiger partial charge in [-0.2, -0.15) is 0 Å². The summed E-state index contributed by atoms with van der Waals surface area (Å²) in [5.41, 5.74) is -0.0653. The predicted octanol–water partition coefficient (Wildman–Crippen LogP) is 5.77. The Kier molecular flexibility index (Phi) is 9.27. The fourth-order valence-corrected chi connectivity index (χ4v) is 1.69. The maximum Gasteiger partial charge on any atom is 0.339 e. The lowest BCUT2D eigenvalue weighted by Gasteiger charge is -2.09. The number of carbonyl (C=O) groups excluding carboxylic acids is 2. The number of rotatable bonds is 6. The van der Waals surface area contributed by atoms with E-state index in [-0.39, 0.29) is 43.4 Å². The fourth-order valence-electron chi connectivity index (χ4n) is 1.36. The second kappa shape index (κ2) is 10.4. The molecule has 0 saturated carbocycles. The van der Waals surface area contributed by atoms with Crippen LogP contribution in [0.4, 0.5) is 0 Å². The van der Waals surface area contributed by atoms with Crippen LogP contribution in [0.5, 0.6) is 0 Å². The van der Waals surface area contributed by atoms with E-state index in [4.69, 9.17) is 79.1 Å². The van der Waals surface area contributed by atoms with Crippen molar-refractivity contribution in [3.63, 3.8) is 0 Å². The van der Waals surface area contributed by atoms with Gasteiger partial charge in [-0.3, -0.25) is 0 Å². The van der Waals surface area contributed by atoms with Crippen LogP contribution in [0.2, 0.25) is 0 Å². The second-order valence-electron chi connectivity index (χ2n) is 4.03. The first kappa shape index (κ1) is 21.4. The number of hydrogen-bond donors (Lipinski definition) is 0. The minimum atomic E-state index is -0.813. The third-order valence-corrected chi connectivity index (χ3v) is 4.33. The van der Waals surface area contributed by atoms with Gasteiger partial charge >= 0.3 is 11.9 Å². The molecule has 0 saturated heterocycles. The summed E-state index contributed by atoms with van der Waals surface area (Å²) in [6, 6.07) is 5.85. The highest BCUT2D eigenvalue weighted by Gasteiger charge is 2.20. The molecule has 0 radical (unpaired) electrons. The van der Waals surface area contributed by atoms with E-state index in [1.807, 2.05) is 0 Å². The number of ether oxygens (including phenoxy) is 2. The molecule has 0 N–H and O–H groups in total. The average Bonchev–Trinajstić information content (AvgIpc) is 2.56. The molecule has 0 bridgehead atoms. The molecule has 1 aromatic rings. The molecule has 1 aromatic carbocycles. The van der Waals surface area contributed by atoms with Crippen LogP contribution < -0.4 is 0 Å². The van der Waals surface area contributed by atoms with Gasteiger partial charge in [0.25, 0.3) is 0 Å². The van der Waals surface area contributed by atoms with Crippen LogP contribution in [0.3, 0.4) is 0 Å². The number of hydrogen-bond acceptors (Lipinski definition) is 4. The van der Waals surface area contributed by atoms with Crippen molar-refractivity contribution in [1.29, 1.82) is 0 Å². The standard InChI is InChI=1S/C14H8Cl6O4/c15-9(11(17)18)5-23-13(21)7-3-1-2-4-8(7)14(22)24-6-10(16)12(19)20/h1-4H,5-6H2. The molecular formula is C14H8Cl6O4. The minimum Gasteiger partial charge on any atom is -0.456 e. The van der Waals surface area contributed by atoms with Crippen molar-refractivity contribution >= 4 is 81.5 Å². The van der Waals surface area contributed by atoms with Crippen LogP contribution in [0.1, 0.15) is 20.7 Å². The van der Waals surface area contributed by atoms with E-state index in [0.717, 1.165) is 0 Å². The van der Waals surface area contributed by atoms with Crippen molar-refractivity contribution in [2.24, 2.45) is 0 Å². The summed E-state index contributed by atoms with van der Waals surface area (Å²) in [7, 11) is 0. The topological polar surface area (TPSA) is 52.6 Å². The van der Waals surface area contributed by atoms with E-state index < -0.39 is 11.9 Å². The lowest BCUT2D eigenvalue weighted by molar-refractivity contribution is 0.0499. The molecule has 10 heteroatoms. The SMILES string of the molecule is O=C(OCC(Cl)=C(Cl)Cl)c1ccccc1C(=O)OCC(Cl)=C(Cl)Cl. The summed E-state index contributed by atoms with van der Waals surface area (Å²) < 4.78 is 9.39. The van der Waals surface area contributed by atoms with Gasteiger partial charge in [0, 0.05) is 0 Å². The largest absolute Gasteiger partial charge is 0.456 e. The Hall–Kier alpha value is -0.620. The first-order valence-electron chi connectivity index (χ1n) is 6.06. The van der Waals surface area contributed by atoms with E-state index in [0.29, 0.717) is 0 Å². The summed E-state index contributed by atoms with van der Waals surface area (Å²) in [6.07, 6.45) is 0. The van der Waals surface area contributed by atoms with E-state index in [1.54, 1.807) is 12.1 Å². The molecule has 4 nitrogen and oxygen atoms in total. The summed E-state index contributed by atoms with van der Waals surface area (Å²) in [6.45, 7) is -0.689. The van der Waals surface area contributed by atoms with Crippen LogP contribution in [-0.4, -0.2) is 25.2 Å². The van der Waals surface area contributed by atoms with Crippen molar-refractivity contribution in [3.8, 4) is 0 Å². The Morgan fingerprint density at radius 1 is 0.708 bits per heavy atom. The first-order valence-corrected chi connectivity index (χ1v) is 8.33. The molecule has 0 aromatic heterocycles. The smallest absolute Gasteiger partial charge is 0.339 e. The molecule has 0 aliphatic heterocycles. The summed E-state index contributed by atoms with van der Waals surface area (Å²) in [4.78, 5) is 24.1. The summed E-state index contributed by atoms with van der Waals surface area (Å²) in [5.74, 6) is -1.63.